The normalized spacial score (nSPS) is 15.2. The SMILES string of the molecule is C=CCOc1ccccc1C1CC(=O)Nc2c1sc(C(=O)O)c2-c1ccc(C)cc1. The van der Waals surface area contributed by atoms with E-state index in [2.05, 4.69) is 11.9 Å². The van der Waals surface area contributed by atoms with Gasteiger partial charge in [-0.15, -0.1) is 11.3 Å². The number of rotatable bonds is 6. The Hall–Kier alpha value is -3.38. The van der Waals surface area contributed by atoms with Crippen LogP contribution in [-0.2, 0) is 4.79 Å². The molecule has 0 aliphatic carbocycles. The van der Waals surface area contributed by atoms with E-state index in [-0.39, 0.29) is 23.1 Å². The van der Waals surface area contributed by atoms with E-state index in [1.165, 1.54) is 11.3 Å². The van der Waals surface area contributed by atoms with Crippen molar-refractivity contribution in [2.45, 2.75) is 19.3 Å². The minimum absolute atomic E-state index is 0.144. The number of benzene rings is 2. The molecule has 30 heavy (non-hydrogen) atoms. The van der Waals surface area contributed by atoms with Gasteiger partial charge >= 0.3 is 5.97 Å². The van der Waals surface area contributed by atoms with Crippen molar-refractivity contribution in [1.29, 1.82) is 0 Å². The van der Waals surface area contributed by atoms with Crippen molar-refractivity contribution >= 4 is 28.9 Å². The van der Waals surface area contributed by atoms with Crippen LogP contribution >= 0.6 is 11.3 Å². The lowest BCUT2D eigenvalue weighted by molar-refractivity contribution is -0.116. The first-order valence-electron chi connectivity index (χ1n) is 9.59. The van der Waals surface area contributed by atoms with Crippen LogP contribution in [0.1, 0.15) is 38.0 Å². The fraction of sp³-hybridized carbons (Fsp3) is 0.167. The van der Waals surface area contributed by atoms with E-state index in [1.807, 2.05) is 55.5 Å². The van der Waals surface area contributed by atoms with Crippen LogP contribution in [0.3, 0.4) is 0 Å². The molecule has 2 N–H and O–H groups in total. The van der Waals surface area contributed by atoms with E-state index in [9.17, 15) is 14.7 Å². The molecule has 0 saturated carbocycles. The van der Waals surface area contributed by atoms with Gasteiger partial charge in [-0.3, -0.25) is 4.79 Å². The van der Waals surface area contributed by atoms with Crippen molar-refractivity contribution in [2.75, 3.05) is 11.9 Å². The Morgan fingerprint density at radius 2 is 2.00 bits per heavy atom. The van der Waals surface area contributed by atoms with Gasteiger partial charge in [0.1, 0.15) is 17.2 Å². The number of nitrogens with one attached hydrogen (secondary N) is 1. The Kier molecular flexibility index (Phi) is 5.42. The number of carbonyl (C=O) groups excluding carboxylic acids is 1. The fourth-order valence-corrected chi connectivity index (χ4v) is 4.97. The van der Waals surface area contributed by atoms with Gasteiger partial charge < -0.3 is 15.2 Å². The molecule has 0 spiro atoms. The average molecular weight is 420 g/mol. The summed E-state index contributed by atoms with van der Waals surface area (Å²) < 4.78 is 5.81. The Morgan fingerprint density at radius 3 is 2.70 bits per heavy atom. The van der Waals surface area contributed by atoms with E-state index in [4.69, 9.17) is 4.74 Å². The minimum Gasteiger partial charge on any atom is -0.489 e. The number of aromatic carboxylic acids is 1. The molecule has 0 saturated heterocycles. The second-order valence-electron chi connectivity index (χ2n) is 7.16. The molecule has 1 atom stereocenters. The number of hydrogen-bond acceptors (Lipinski definition) is 4. The molecular weight excluding hydrogens is 398 g/mol. The fourth-order valence-electron chi connectivity index (χ4n) is 3.73. The molecular formula is C24H21NO4S. The average Bonchev–Trinajstić information content (AvgIpc) is 3.12. The molecule has 1 amide bonds. The number of carboxylic acid groups (broad SMARTS) is 1. The summed E-state index contributed by atoms with van der Waals surface area (Å²) in [6, 6.07) is 15.2. The van der Waals surface area contributed by atoms with E-state index >= 15 is 0 Å². The zero-order chi connectivity index (χ0) is 21.3. The van der Waals surface area contributed by atoms with Crippen LogP contribution in [0.2, 0.25) is 0 Å². The topological polar surface area (TPSA) is 75.6 Å². The molecule has 2 aromatic carbocycles. The van der Waals surface area contributed by atoms with Gasteiger partial charge in [-0.25, -0.2) is 4.79 Å². The van der Waals surface area contributed by atoms with Gasteiger partial charge in [-0.1, -0.05) is 60.7 Å². The highest BCUT2D eigenvalue weighted by Gasteiger charge is 2.35. The summed E-state index contributed by atoms with van der Waals surface area (Å²) in [5.41, 5.74) is 3.86. The molecule has 1 aromatic heterocycles. The van der Waals surface area contributed by atoms with Gasteiger partial charge in [-0.05, 0) is 18.6 Å². The third kappa shape index (κ3) is 3.62. The van der Waals surface area contributed by atoms with Crippen LogP contribution < -0.4 is 10.1 Å². The predicted molar refractivity (Wildman–Crippen MR) is 119 cm³/mol. The van der Waals surface area contributed by atoms with Crippen molar-refractivity contribution in [2.24, 2.45) is 0 Å². The Labute approximate surface area is 178 Å². The second-order valence-corrected chi connectivity index (χ2v) is 8.21. The number of amides is 1. The van der Waals surface area contributed by atoms with Crippen molar-refractivity contribution in [3.63, 3.8) is 0 Å². The number of para-hydroxylation sites is 1. The summed E-state index contributed by atoms with van der Waals surface area (Å²) in [6.07, 6.45) is 1.90. The number of ether oxygens (including phenoxy) is 1. The number of carbonyl (C=O) groups is 2. The van der Waals surface area contributed by atoms with E-state index in [1.54, 1.807) is 6.08 Å². The maximum absolute atomic E-state index is 12.6. The van der Waals surface area contributed by atoms with Gasteiger partial charge in [-0.2, -0.15) is 0 Å². The van der Waals surface area contributed by atoms with E-state index in [0.29, 0.717) is 23.6 Å². The first-order chi connectivity index (χ1) is 14.5. The summed E-state index contributed by atoms with van der Waals surface area (Å²) in [4.78, 5) is 25.8. The van der Waals surface area contributed by atoms with E-state index < -0.39 is 5.97 Å². The van der Waals surface area contributed by atoms with Gasteiger partial charge in [0.15, 0.2) is 0 Å². The third-order valence-electron chi connectivity index (χ3n) is 5.09. The molecule has 2 heterocycles. The highest BCUT2D eigenvalue weighted by molar-refractivity contribution is 7.15. The van der Waals surface area contributed by atoms with Crippen molar-refractivity contribution in [3.05, 3.63) is 82.1 Å². The molecule has 1 unspecified atom stereocenters. The first-order valence-corrected chi connectivity index (χ1v) is 10.4. The van der Waals surface area contributed by atoms with Crippen LogP contribution in [0.15, 0.2) is 61.2 Å². The third-order valence-corrected chi connectivity index (χ3v) is 6.38. The van der Waals surface area contributed by atoms with Gasteiger partial charge in [0.2, 0.25) is 5.91 Å². The number of aryl methyl sites for hydroxylation is 1. The lowest BCUT2D eigenvalue weighted by Crippen LogP contribution is -2.22. The lowest BCUT2D eigenvalue weighted by Gasteiger charge is -2.25. The smallest absolute Gasteiger partial charge is 0.346 e. The molecule has 0 fully saturated rings. The van der Waals surface area contributed by atoms with Crippen LogP contribution in [-0.4, -0.2) is 23.6 Å². The number of anilines is 1. The molecule has 1 aliphatic heterocycles. The summed E-state index contributed by atoms with van der Waals surface area (Å²) in [5, 5.41) is 12.8. The maximum atomic E-state index is 12.6. The predicted octanol–water partition coefficient (Wildman–Crippen LogP) is 5.46. The summed E-state index contributed by atoms with van der Waals surface area (Å²) >= 11 is 1.22. The Morgan fingerprint density at radius 1 is 1.27 bits per heavy atom. The Balaban J connectivity index is 1.90. The largest absolute Gasteiger partial charge is 0.489 e. The van der Waals surface area contributed by atoms with E-state index in [0.717, 1.165) is 21.6 Å². The minimum atomic E-state index is -1.01. The van der Waals surface area contributed by atoms with Crippen molar-refractivity contribution in [1.82, 2.24) is 0 Å². The number of fused-ring (bicyclic) bond motifs is 1. The molecule has 152 valence electrons. The number of carboxylic acids is 1. The van der Waals surface area contributed by atoms with Crippen LogP contribution in [0.4, 0.5) is 5.69 Å². The van der Waals surface area contributed by atoms with Crippen LogP contribution in [0.5, 0.6) is 5.75 Å². The highest BCUT2D eigenvalue weighted by Crippen LogP contribution is 2.50. The van der Waals surface area contributed by atoms with Crippen LogP contribution in [0, 0.1) is 6.92 Å². The first kappa shape index (κ1) is 19.9. The zero-order valence-corrected chi connectivity index (χ0v) is 17.3. The second kappa shape index (κ2) is 8.16. The molecule has 3 aromatic rings. The molecule has 6 heteroatoms. The lowest BCUT2D eigenvalue weighted by atomic mass is 9.88. The van der Waals surface area contributed by atoms with Gasteiger partial charge in [0.25, 0.3) is 0 Å². The van der Waals surface area contributed by atoms with Crippen molar-refractivity contribution in [3.8, 4) is 16.9 Å². The standard InChI is InChI=1S/C24H21NO4S/c1-3-12-29-18-7-5-4-6-16(18)17-13-19(26)25-21-20(15-10-8-14(2)9-11-15)23(24(27)28)30-22(17)21/h3-11,17H,1,12-13H2,2H3,(H,25,26)(H,27,28). The summed E-state index contributed by atoms with van der Waals surface area (Å²) in [6.45, 7) is 6.01. The monoisotopic (exact) mass is 419 g/mol. The van der Waals surface area contributed by atoms with Gasteiger partial charge in [0, 0.05) is 28.3 Å². The maximum Gasteiger partial charge on any atom is 0.346 e. The van der Waals surface area contributed by atoms with Crippen LogP contribution in [0.25, 0.3) is 11.1 Å². The highest BCUT2D eigenvalue weighted by atomic mass is 32.1. The molecule has 0 bridgehead atoms. The quantitative estimate of drug-likeness (QED) is 0.520. The van der Waals surface area contributed by atoms with Gasteiger partial charge in [0.05, 0.1) is 5.69 Å². The zero-order valence-electron chi connectivity index (χ0n) is 16.5. The number of hydrogen-bond donors (Lipinski definition) is 2. The summed E-state index contributed by atoms with van der Waals surface area (Å²) in [5.74, 6) is -0.759. The number of thiophene rings is 1. The van der Waals surface area contributed by atoms with Crippen molar-refractivity contribution < 1.29 is 19.4 Å². The molecule has 1 aliphatic rings. The molecule has 5 nitrogen and oxygen atoms in total. The molecule has 0 radical (unpaired) electrons. The Bertz CT molecular complexity index is 1130. The molecule has 4 rings (SSSR count). The summed E-state index contributed by atoms with van der Waals surface area (Å²) in [7, 11) is 0.